The number of aliphatic hydroxyl groups is 1. The highest BCUT2D eigenvalue weighted by Gasteiger charge is 2.76. The molecule has 0 radical (unpaired) electrons. The van der Waals surface area contributed by atoms with Crippen molar-refractivity contribution in [1.29, 1.82) is 0 Å². The average molecular weight is 557 g/mol. The minimum atomic E-state index is -0.660. The van der Waals surface area contributed by atoms with Crippen LogP contribution in [0.5, 0.6) is 0 Å². The Bertz CT molecular complexity index is 847. The van der Waals surface area contributed by atoms with E-state index in [1.54, 1.807) is 45.7 Å². The molecule has 2 bridgehead atoms. The van der Waals surface area contributed by atoms with E-state index in [0.717, 1.165) is 0 Å². The number of halogens is 1. The number of hydrogen-bond donors (Lipinski definition) is 1. The van der Waals surface area contributed by atoms with Gasteiger partial charge in [-0.15, -0.1) is 24.9 Å². The summed E-state index contributed by atoms with van der Waals surface area (Å²) < 4.78 is -0.660. The molecule has 6 atom stereocenters. The fourth-order valence-corrected chi connectivity index (χ4v) is 9.43. The zero-order valence-corrected chi connectivity index (χ0v) is 23.1. The second-order valence-corrected chi connectivity index (χ2v) is 13.3. The van der Waals surface area contributed by atoms with Crippen molar-refractivity contribution in [1.82, 2.24) is 14.7 Å². The maximum atomic E-state index is 14.2. The molecule has 0 saturated carbocycles. The monoisotopic (exact) mass is 555 g/mol. The summed E-state index contributed by atoms with van der Waals surface area (Å²) in [6.45, 7) is 14.8. The molecule has 7 nitrogen and oxygen atoms in total. The predicted molar refractivity (Wildman–Crippen MR) is 140 cm³/mol. The summed E-state index contributed by atoms with van der Waals surface area (Å²) in [5.41, 5.74) is -0.450. The summed E-state index contributed by atoms with van der Waals surface area (Å²) in [6, 6.07) is -0.652. The van der Waals surface area contributed by atoms with Gasteiger partial charge in [-0.1, -0.05) is 28.1 Å². The normalized spacial score (nSPS) is 32.0. The van der Waals surface area contributed by atoms with Gasteiger partial charge >= 0.3 is 0 Å². The number of carbonyl (C=O) groups excluding carboxylic acids is 3. The molecule has 0 aromatic rings. The Morgan fingerprint density at radius 2 is 1.88 bits per heavy atom. The third-order valence-electron chi connectivity index (χ3n) is 7.28. The van der Waals surface area contributed by atoms with E-state index >= 15 is 0 Å². The number of thioether (sulfide) groups is 1. The van der Waals surface area contributed by atoms with Crippen LogP contribution >= 0.6 is 27.7 Å². The topological polar surface area (TPSA) is 81.2 Å². The van der Waals surface area contributed by atoms with Crippen LogP contribution in [0.2, 0.25) is 0 Å². The van der Waals surface area contributed by atoms with Crippen molar-refractivity contribution < 1.29 is 19.5 Å². The first-order valence-corrected chi connectivity index (χ1v) is 13.8. The minimum absolute atomic E-state index is 0.0353. The molecule has 1 N–H and O–H groups in total. The summed E-state index contributed by atoms with van der Waals surface area (Å²) in [5.74, 6) is -1.29. The number of likely N-dealkylation sites (N-methyl/N-ethyl adjacent to an activating group) is 1. The van der Waals surface area contributed by atoms with Gasteiger partial charge in [-0.05, 0) is 40.0 Å². The van der Waals surface area contributed by atoms with Gasteiger partial charge in [-0.2, -0.15) is 0 Å². The van der Waals surface area contributed by atoms with Crippen LogP contribution in [0.4, 0.5) is 0 Å². The lowest BCUT2D eigenvalue weighted by Crippen LogP contribution is -2.59. The number of carbonyl (C=O) groups is 3. The largest absolute Gasteiger partial charge is 0.396 e. The molecular formula is C25H38BrN3O4S. The number of alkyl halides is 1. The smallest absolute Gasteiger partial charge is 0.247 e. The molecule has 3 heterocycles. The highest BCUT2D eigenvalue weighted by Crippen LogP contribution is 2.68. The molecule has 3 amide bonds. The predicted octanol–water partition coefficient (Wildman–Crippen LogP) is 2.68. The van der Waals surface area contributed by atoms with Crippen molar-refractivity contribution in [3.05, 3.63) is 25.3 Å². The number of fused-ring (bicyclic) bond motifs is 1. The number of nitrogens with zero attached hydrogens (tertiary/aromatic N) is 3. The molecule has 9 heteroatoms. The van der Waals surface area contributed by atoms with Crippen molar-refractivity contribution in [2.75, 3.05) is 33.3 Å². The van der Waals surface area contributed by atoms with Crippen LogP contribution in [-0.4, -0.2) is 97.2 Å². The van der Waals surface area contributed by atoms with Gasteiger partial charge in [0.2, 0.25) is 17.7 Å². The first-order valence-electron chi connectivity index (χ1n) is 12.0. The number of likely N-dealkylation sites (tertiary alicyclic amines) is 1. The molecule has 3 fully saturated rings. The lowest BCUT2D eigenvalue weighted by atomic mass is 9.70. The van der Waals surface area contributed by atoms with Crippen molar-refractivity contribution in [3.63, 3.8) is 0 Å². The Labute approximate surface area is 216 Å². The summed E-state index contributed by atoms with van der Waals surface area (Å²) in [6.07, 6.45) is 5.22. The summed E-state index contributed by atoms with van der Waals surface area (Å²) in [7, 11) is 1.74. The summed E-state index contributed by atoms with van der Waals surface area (Å²) in [5, 5.41) is 9.25. The molecule has 1 spiro atoms. The standard InChI is InChI=1S/C25H38BrN3O4S/c1-7-11-27(6)21(31)17-18-22(32)28(13-9-10-14-30)20(25(18)15-16(26)19(17)34-25)23(33)29(12-8-2)24(3,4)5/h7-8,16-20,30H,1-2,9-15H2,3-6H3/t16?,17-,18-,19-,20?,25?/m0/s1. The van der Waals surface area contributed by atoms with Gasteiger partial charge in [0.25, 0.3) is 0 Å². The van der Waals surface area contributed by atoms with Crippen molar-refractivity contribution in [3.8, 4) is 0 Å². The van der Waals surface area contributed by atoms with Gasteiger partial charge < -0.3 is 19.8 Å². The van der Waals surface area contributed by atoms with Gasteiger partial charge in [0, 0.05) is 48.9 Å². The molecule has 3 unspecified atom stereocenters. The number of amides is 3. The van der Waals surface area contributed by atoms with E-state index in [1.807, 2.05) is 20.8 Å². The first-order chi connectivity index (χ1) is 16.0. The van der Waals surface area contributed by atoms with Crippen LogP contribution in [-0.2, 0) is 14.4 Å². The van der Waals surface area contributed by atoms with Crippen LogP contribution < -0.4 is 0 Å². The maximum absolute atomic E-state index is 14.2. The third kappa shape index (κ3) is 4.48. The van der Waals surface area contributed by atoms with Crippen LogP contribution in [0.3, 0.4) is 0 Å². The molecule has 34 heavy (non-hydrogen) atoms. The van der Waals surface area contributed by atoms with Gasteiger partial charge in [0.05, 0.1) is 16.6 Å². The molecule has 3 aliphatic heterocycles. The first kappa shape index (κ1) is 27.3. The Kier molecular flexibility index (Phi) is 8.30. The third-order valence-corrected chi connectivity index (χ3v) is 10.5. The van der Waals surface area contributed by atoms with E-state index < -0.39 is 28.2 Å². The van der Waals surface area contributed by atoms with Crippen molar-refractivity contribution in [2.45, 2.75) is 66.4 Å². The fourth-order valence-electron chi connectivity index (χ4n) is 5.83. The zero-order valence-electron chi connectivity index (χ0n) is 20.7. The Morgan fingerprint density at radius 3 is 2.44 bits per heavy atom. The lowest BCUT2D eigenvalue weighted by molar-refractivity contribution is -0.146. The number of rotatable bonds is 10. The SMILES string of the molecule is C=CCN(C)C(=O)[C@H]1[C@H]2C(=O)N(CCCCO)C(C(=O)N(CC=C)C(C)(C)C)C23CC(Br)[C@@H]1S3. The maximum Gasteiger partial charge on any atom is 0.247 e. The Morgan fingerprint density at radius 1 is 1.24 bits per heavy atom. The van der Waals surface area contributed by atoms with Crippen LogP contribution in [0, 0.1) is 11.8 Å². The second-order valence-electron chi connectivity index (χ2n) is 10.5. The Hall–Kier alpha value is -1.32. The average Bonchev–Trinajstić information content (AvgIpc) is 3.34. The highest BCUT2D eigenvalue weighted by molar-refractivity contribution is 9.09. The van der Waals surface area contributed by atoms with E-state index in [9.17, 15) is 19.5 Å². The van der Waals surface area contributed by atoms with Gasteiger partial charge in [0.1, 0.15) is 6.04 Å². The van der Waals surface area contributed by atoms with Crippen LogP contribution in [0.1, 0.15) is 40.0 Å². The molecule has 190 valence electrons. The molecule has 3 rings (SSSR count). The van der Waals surface area contributed by atoms with Gasteiger partial charge in [-0.25, -0.2) is 0 Å². The van der Waals surface area contributed by atoms with Gasteiger partial charge in [0.15, 0.2) is 0 Å². The van der Waals surface area contributed by atoms with E-state index in [4.69, 9.17) is 0 Å². The van der Waals surface area contributed by atoms with Crippen molar-refractivity contribution >= 4 is 45.4 Å². The molecular weight excluding hydrogens is 518 g/mol. The van der Waals surface area contributed by atoms with E-state index in [1.165, 1.54) is 0 Å². The van der Waals surface area contributed by atoms with E-state index in [2.05, 4.69) is 29.1 Å². The Balaban J connectivity index is 2.07. The van der Waals surface area contributed by atoms with Crippen LogP contribution in [0.15, 0.2) is 25.3 Å². The molecule has 3 aliphatic rings. The van der Waals surface area contributed by atoms with E-state index in [-0.39, 0.29) is 34.4 Å². The molecule has 0 aromatic heterocycles. The second kappa shape index (κ2) is 10.3. The fraction of sp³-hybridized carbons (Fsp3) is 0.720. The highest BCUT2D eigenvalue weighted by atomic mass is 79.9. The zero-order chi connectivity index (χ0) is 25.4. The number of aliphatic hydroxyl groups excluding tert-OH is 1. The number of hydrogen-bond acceptors (Lipinski definition) is 5. The molecule has 3 saturated heterocycles. The summed E-state index contributed by atoms with van der Waals surface area (Å²) in [4.78, 5) is 46.9. The quantitative estimate of drug-likeness (QED) is 0.254. The van der Waals surface area contributed by atoms with E-state index in [0.29, 0.717) is 38.9 Å². The molecule has 0 aromatic carbocycles. The summed E-state index contributed by atoms with van der Waals surface area (Å²) >= 11 is 5.45. The van der Waals surface area contributed by atoms with Crippen LogP contribution in [0.25, 0.3) is 0 Å². The molecule has 0 aliphatic carbocycles. The minimum Gasteiger partial charge on any atom is -0.396 e. The van der Waals surface area contributed by atoms with Gasteiger partial charge in [-0.3, -0.25) is 14.4 Å². The van der Waals surface area contributed by atoms with Crippen molar-refractivity contribution in [2.24, 2.45) is 11.8 Å². The lowest BCUT2D eigenvalue weighted by Gasteiger charge is -2.42. The number of unbranched alkanes of at least 4 members (excludes halogenated alkanes) is 1.